The fourth-order valence-corrected chi connectivity index (χ4v) is 1.63. The second-order valence-electron chi connectivity index (χ2n) is 3.57. The second kappa shape index (κ2) is 5.59. The van der Waals surface area contributed by atoms with E-state index in [0.29, 0.717) is 23.8 Å². The van der Waals surface area contributed by atoms with E-state index in [9.17, 15) is 10.1 Å². The molecule has 7 heteroatoms. The fraction of sp³-hybridized carbons (Fsp3) is 0.273. The number of nitro groups is 1. The minimum Gasteiger partial charge on any atom is -0.420 e. The molecule has 1 heterocycles. The summed E-state index contributed by atoms with van der Waals surface area (Å²) in [6.45, 7) is 0. The van der Waals surface area contributed by atoms with E-state index in [-0.39, 0.29) is 11.6 Å². The van der Waals surface area contributed by atoms with Crippen LogP contribution < -0.4 is 0 Å². The minimum absolute atomic E-state index is 0.0509. The molecule has 0 aliphatic carbocycles. The van der Waals surface area contributed by atoms with Gasteiger partial charge in [-0.05, 0) is 12.5 Å². The molecular formula is C11H10ClN3O3. The summed E-state index contributed by atoms with van der Waals surface area (Å²) in [4.78, 5) is 10.4. The van der Waals surface area contributed by atoms with Crippen LogP contribution in [0.1, 0.15) is 12.3 Å². The number of rotatable bonds is 5. The largest absolute Gasteiger partial charge is 0.420 e. The van der Waals surface area contributed by atoms with E-state index in [1.54, 1.807) is 18.2 Å². The van der Waals surface area contributed by atoms with Gasteiger partial charge in [0, 0.05) is 18.4 Å². The number of benzene rings is 1. The number of alkyl halides is 1. The van der Waals surface area contributed by atoms with E-state index in [1.165, 1.54) is 6.07 Å². The Kier molecular flexibility index (Phi) is 3.88. The van der Waals surface area contributed by atoms with Crippen molar-refractivity contribution in [3.8, 4) is 11.5 Å². The SMILES string of the molecule is O=[N+]([O-])c1ccccc1-c1nnc(CCCCl)o1. The maximum absolute atomic E-state index is 10.9. The van der Waals surface area contributed by atoms with Crippen LogP contribution in [0.2, 0.25) is 0 Å². The van der Waals surface area contributed by atoms with Gasteiger partial charge in [-0.25, -0.2) is 0 Å². The first-order valence-electron chi connectivity index (χ1n) is 5.34. The van der Waals surface area contributed by atoms with E-state index in [0.717, 1.165) is 6.42 Å². The van der Waals surface area contributed by atoms with Crippen molar-refractivity contribution in [1.82, 2.24) is 10.2 Å². The Balaban J connectivity index is 2.31. The van der Waals surface area contributed by atoms with Gasteiger partial charge < -0.3 is 4.42 Å². The summed E-state index contributed by atoms with van der Waals surface area (Å²) in [6.07, 6.45) is 1.29. The highest BCUT2D eigenvalue weighted by atomic mass is 35.5. The van der Waals surface area contributed by atoms with Gasteiger partial charge in [0.05, 0.1) is 4.92 Å². The normalized spacial score (nSPS) is 10.5. The number of para-hydroxylation sites is 1. The van der Waals surface area contributed by atoms with E-state index in [4.69, 9.17) is 16.0 Å². The molecule has 2 aromatic rings. The summed E-state index contributed by atoms with van der Waals surface area (Å²) in [7, 11) is 0. The Morgan fingerprint density at radius 1 is 1.33 bits per heavy atom. The van der Waals surface area contributed by atoms with Crippen LogP contribution in [0.5, 0.6) is 0 Å². The first kappa shape index (κ1) is 12.5. The van der Waals surface area contributed by atoms with Gasteiger partial charge >= 0.3 is 0 Å². The smallest absolute Gasteiger partial charge is 0.282 e. The third kappa shape index (κ3) is 2.65. The maximum Gasteiger partial charge on any atom is 0.282 e. The highest BCUT2D eigenvalue weighted by molar-refractivity contribution is 6.17. The quantitative estimate of drug-likeness (QED) is 0.473. The molecule has 0 saturated carbocycles. The highest BCUT2D eigenvalue weighted by Gasteiger charge is 2.19. The Morgan fingerprint density at radius 3 is 2.83 bits per heavy atom. The molecule has 0 radical (unpaired) electrons. The van der Waals surface area contributed by atoms with E-state index >= 15 is 0 Å². The fourth-order valence-electron chi connectivity index (χ4n) is 1.50. The van der Waals surface area contributed by atoms with Gasteiger partial charge in [0.2, 0.25) is 5.89 Å². The Morgan fingerprint density at radius 2 is 2.11 bits per heavy atom. The maximum atomic E-state index is 10.9. The number of halogens is 1. The van der Waals surface area contributed by atoms with Crippen molar-refractivity contribution in [1.29, 1.82) is 0 Å². The van der Waals surface area contributed by atoms with E-state index < -0.39 is 4.92 Å². The summed E-state index contributed by atoms with van der Waals surface area (Å²) >= 11 is 5.56. The summed E-state index contributed by atoms with van der Waals surface area (Å²) in [5.74, 6) is 1.10. The number of aromatic nitrogens is 2. The molecule has 1 aromatic heterocycles. The molecule has 0 fully saturated rings. The molecule has 0 bridgehead atoms. The molecule has 94 valence electrons. The molecule has 0 aliphatic rings. The van der Waals surface area contributed by atoms with Crippen molar-refractivity contribution in [2.75, 3.05) is 5.88 Å². The lowest BCUT2D eigenvalue weighted by atomic mass is 10.2. The third-order valence-electron chi connectivity index (χ3n) is 2.32. The van der Waals surface area contributed by atoms with Crippen LogP contribution in [0.3, 0.4) is 0 Å². The minimum atomic E-state index is -0.474. The average Bonchev–Trinajstić information content (AvgIpc) is 2.85. The standard InChI is InChI=1S/C11H10ClN3O3/c12-7-3-6-10-13-14-11(18-10)8-4-1-2-5-9(8)15(16)17/h1-2,4-5H,3,6-7H2. The molecule has 0 saturated heterocycles. The van der Waals surface area contributed by atoms with Crippen LogP contribution >= 0.6 is 11.6 Å². The van der Waals surface area contributed by atoms with Crippen molar-refractivity contribution in [3.63, 3.8) is 0 Å². The van der Waals surface area contributed by atoms with Crippen LogP contribution in [0.25, 0.3) is 11.5 Å². The number of aryl methyl sites for hydroxylation is 1. The third-order valence-corrected chi connectivity index (χ3v) is 2.59. The zero-order valence-corrected chi connectivity index (χ0v) is 10.1. The lowest BCUT2D eigenvalue weighted by Gasteiger charge is -1.96. The highest BCUT2D eigenvalue weighted by Crippen LogP contribution is 2.28. The number of nitro benzene ring substituents is 1. The lowest BCUT2D eigenvalue weighted by Crippen LogP contribution is -1.91. The van der Waals surface area contributed by atoms with Crippen molar-refractivity contribution < 1.29 is 9.34 Å². The van der Waals surface area contributed by atoms with Gasteiger partial charge in [-0.15, -0.1) is 21.8 Å². The zero-order valence-electron chi connectivity index (χ0n) is 9.38. The van der Waals surface area contributed by atoms with Crippen LogP contribution in [0.4, 0.5) is 5.69 Å². The first-order chi connectivity index (χ1) is 8.72. The van der Waals surface area contributed by atoms with Crippen LogP contribution in [-0.2, 0) is 6.42 Å². The Labute approximate surface area is 108 Å². The number of nitrogens with zero attached hydrogens (tertiary/aromatic N) is 3. The number of hydrogen-bond donors (Lipinski definition) is 0. The molecule has 0 atom stereocenters. The van der Waals surface area contributed by atoms with E-state index in [2.05, 4.69) is 10.2 Å². The van der Waals surface area contributed by atoms with Gasteiger partial charge in [-0.1, -0.05) is 12.1 Å². The van der Waals surface area contributed by atoms with Crippen LogP contribution in [0, 0.1) is 10.1 Å². The Bertz CT molecular complexity index is 556. The molecule has 0 amide bonds. The molecule has 18 heavy (non-hydrogen) atoms. The summed E-state index contributed by atoms with van der Waals surface area (Å²) < 4.78 is 5.38. The molecular weight excluding hydrogens is 258 g/mol. The predicted octanol–water partition coefficient (Wildman–Crippen LogP) is 2.82. The van der Waals surface area contributed by atoms with E-state index in [1.807, 2.05) is 0 Å². The van der Waals surface area contributed by atoms with Crippen LogP contribution in [0.15, 0.2) is 28.7 Å². The van der Waals surface area contributed by atoms with Gasteiger partial charge in [0.15, 0.2) is 0 Å². The Hall–Kier alpha value is -1.95. The molecule has 0 spiro atoms. The van der Waals surface area contributed by atoms with Gasteiger partial charge in [0.1, 0.15) is 5.56 Å². The monoisotopic (exact) mass is 267 g/mol. The molecule has 0 unspecified atom stereocenters. The van der Waals surface area contributed by atoms with Gasteiger partial charge in [-0.2, -0.15) is 0 Å². The molecule has 2 rings (SSSR count). The van der Waals surface area contributed by atoms with Crippen LogP contribution in [-0.4, -0.2) is 21.0 Å². The van der Waals surface area contributed by atoms with Crippen molar-refractivity contribution in [2.45, 2.75) is 12.8 Å². The summed E-state index contributed by atoms with van der Waals surface area (Å²) in [5, 5.41) is 18.5. The number of hydrogen-bond acceptors (Lipinski definition) is 5. The molecule has 0 aliphatic heterocycles. The second-order valence-corrected chi connectivity index (χ2v) is 3.95. The predicted molar refractivity (Wildman–Crippen MR) is 65.4 cm³/mol. The topological polar surface area (TPSA) is 82.1 Å². The lowest BCUT2D eigenvalue weighted by molar-refractivity contribution is -0.384. The molecule has 0 N–H and O–H groups in total. The summed E-state index contributed by atoms with van der Waals surface area (Å²) in [5.41, 5.74) is 0.275. The molecule has 6 nitrogen and oxygen atoms in total. The molecule has 1 aromatic carbocycles. The van der Waals surface area contributed by atoms with Crippen molar-refractivity contribution in [3.05, 3.63) is 40.3 Å². The summed E-state index contributed by atoms with van der Waals surface area (Å²) in [6, 6.07) is 6.26. The van der Waals surface area contributed by atoms with Crippen molar-refractivity contribution in [2.24, 2.45) is 0 Å². The zero-order chi connectivity index (χ0) is 13.0. The van der Waals surface area contributed by atoms with Gasteiger partial charge in [0.25, 0.3) is 11.6 Å². The van der Waals surface area contributed by atoms with Gasteiger partial charge in [-0.3, -0.25) is 10.1 Å². The first-order valence-corrected chi connectivity index (χ1v) is 5.88. The van der Waals surface area contributed by atoms with Crippen molar-refractivity contribution >= 4 is 17.3 Å². The average molecular weight is 268 g/mol.